The normalized spacial score (nSPS) is 27.7. The topological polar surface area (TPSA) is 41.6 Å². The lowest BCUT2D eigenvalue weighted by Crippen LogP contribution is -2.53. The second-order valence-corrected chi connectivity index (χ2v) is 10.7. The van der Waals surface area contributed by atoms with E-state index in [1.54, 1.807) is 0 Å². The fraction of sp³-hybridized carbons (Fsp3) is 0.536. The third-order valence-corrected chi connectivity index (χ3v) is 7.82. The number of nitrogens with zero attached hydrogens (tertiary/aromatic N) is 1. The predicted octanol–water partition coefficient (Wildman–Crippen LogP) is 5.75. The lowest BCUT2D eigenvalue weighted by Gasteiger charge is -2.44. The first-order valence-corrected chi connectivity index (χ1v) is 12.3. The quantitative estimate of drug-likeness (QED) is 0.654. The number of amides is 1. The Kier molecular flexibility index (Phi) is 5.75. The van der Waals surface area contributed by atoms with Gasteiger partial charge in [-0.15, -0.1) is 0 Å². The van der Waals surface area contributed by atoms with Crippen molar-refractivity contribution in [3.63, 3.8) is 0 Å². The molecule has 2 bridgehead atoms. The maximum absolute atomic E-state index is 12.9. The summed E-state index contributed by atoms with van der Waals surface area (Å²) in [6.45, 7) is 9.89. The average Bonchev–Trinajstić information content (AvgIpc) is 3.04. The summed E-state index contributed by atoms with van der Waals surface area (Å²) >= 11 is 0. The monoisotopic (exact) mass is 432 g/mol. The SMILES string of the molecule is CCCc1ccc(-c2ccc3c(c2)CC(C)(C)C3NC(=O)O[C@H]2CN3CCC2CC3)cc1. The molecule has 4 aliphatic rings. The number of ether oxygens (including phenoxy) is 1. The van der Waals surface area contributed by atoms with Gasteiger partial charge in [0.2, 0.25) is 0 Å². The van der Waals surface area contributed by atoms with Crippen LogP contribution in [0.25, 0.3) is 11.1 Å². The molecular formula is C28H36N2O2. The molecule has 3 heterocycles. The van der Waals surface area contributed by atoms with E-state index in [4.69, 9.17) is 4.74 Å². The van der Waals surface area contributed by atoms with Gasteiger partial charge >= 0.3 is 6.09 Å². The Bertz CT molecular complexity index is 973. The summed E-state index contributed by atoms with van der Waals surface area (Å²) in [4.78, 5) is 15.3. The molecule has 3 aliphatic heterocycles. The molecule has 1 unspecified atom stereocenters. The van der Waals surface area contributed by atoms with Gasteiger partial charge in [-0.1, -0.05) is 69.7 Å². The van der Waals surface area contributed by atoms with E-state index in [1.807, 2.05) is 0 Å². The Balaban J connectivity index is 1.30. The molecule has 0 saturated carbocycles. The molecular weight excluding hydrogens is 396 g/mol. The van der Waals surface area contributed by atoms with Gasteiger partial charge in [-0.05, 0) is 77.9 Å². The van der Waals surface area contributed by atoms with Crippen LogP contribution in [0.4, 0.5) is 4.79 Å². The van der Waals surface area contributed by atoms with Gasteiger partial charge in [-0.25, -0.2) is 4.79 Å². The Morgan fingerprint density at radius 3 is 2.47 bits per heavy atom. The number of carbonyl (C=O) groups is 1. The standard InChI is InChI=1S/C28H36N2O2/c1-4-5-19-6-8-20(9-7-19)22-10-11-24-23(16-22)17-28(2,3)26(24)29-27(31)32-25-18-30-14-12-21(25)13-15-30/h6-11,16,21,25-26H,4-5,12-15,17-18H2,1-3H3,(H,29,31)/t25-,26?/m0/s1. The van der Waals surface area contributed by atoms with Gasteiger partial charge in [0.1, 0.15) is 6.10 Å². The van der Waals surface area contributed by atoms with Crippen molar-refractivity contribution in [1.82, 2.24) is 10.2 Å². The molecule has 0 aromatic heterocycles. The van der Waals surface area contributed by atoms with Gasteiger partial charge in [0.25, 0.3) is 0 Å². The largest absolute Gasteiger partial charge is 0.445 e. The summed E-state index contributed by atoms with van der Waals surface area (Å²) in [5.41, 5.74) is 6.41. The zero-order valence-electron chi connectivity index (χ0n) is 19.7. The third-order valence-electron chi connectivity index (χ3n) is 7.82. The van der Waals surface area contributed by atoms with Crippen LogP contribution in [0.5, 0.6) is 0 Å². The number of benzene rings is 2. The molecule has 0 spiro atoms. The highest BCUT2D eigenvalue weighted by atomic mass is 16.6. The molecule has 2 aromatic rings. The van der Waals surface area contributed by atoms with Crippen molar-refractivity contribution in [2.24, 2.45) is 11.3 Å². The van der Waals surface area contributed by atoms with Crippen LogP contribution in [0.2, 0.25) is 0 Å². The van der Waals surface area contributed by atoms with Crippen LogP contribution in [-0.2, 0) is 17.6 Å². The van der Waals surface area contributed by atoms with E-state index in [-0.39, 0.29) is 23.7 Å². The number of nitrogens with one attached hydrogen (secondary N) is 1. The first-order valence-electron chi connectivity index (χ1n) is 12.3. The lowest BCUT2D eigenvalue weighted by molar-refractivity contribution is -0.0348. The number of alkyl carbamates (subject to hydrolysis) is 1. The van der Waals surface area contributed by atoms with Gasteiger partial charge in [-0.3, -0.25) is 4.90 Å². The van der Waals surface area contributed by atoms with Crippen molar-refractivity contribution in [3.05, 3.63) is 59.2 Å². The van der Waals surface area contributed by atoms with Crippen LogP contribution < -0.4 is 5.32 Å². The molecule has 170 valence electrons. The molecule has 3 saturated heterocycles. The number of fused-ring (bicyclic) bond motifs is 4. The Hall–Kier alpha value is -2.33. The molecule has 1 amide bonds. The fourth-order valence-corrected chi connectivity index (χ4v) is 5.99. The van der Waals surface area contributed by atoms with E-state index in [1.165, 1.54) is 34.2 Å². The van der Waals surface area contributed by atoms with Crippen LogP contribution in [0.1, 0.15) is 62.8 Å². The van der Waals surface area contributed by atoms with Crippen molar-refractivity contribution in [1.29, 1.82) is 0 Å². The first-order chi connectivity index (χ1) is 15.4. The van der Waals surface area contributed by atoms with E-state index in [9.17, 15) is 4.79 Å². The summed E-state index contributed by atoms with van der Waals surface area (Å²) in [6.07, 6.45) is 5.33. The Morgan fingerprint density at radius 2 is 1.81 bits per heavy atom. The summed E-state index contributed by atoms with van der Waals surface area (Å²) in [7, 11) is 0. The smallest absolute Gasteiger partial charge is 0.407 e. The van der Waals surface area contributed by atoms with E-state index in [0.29, 0.717) is 5.92 Å². The molecule has 3 fully saturated rings. The van der Waals surface area contributed by atoms with Crippen LogP contribution in [0.15, 0.2) is 42.5 Å². The van der Waals surface area contributed by atoms with E-state index < -0.39 is 0 Å². The summed E-state index contributed by atoms with van der Waals surface area (Å²) in [5, 5.41) is 3.23. The number of hydrogen-bond donors (Lipinski definition) is 1. The second-order valence-electron chi connectivity index (χ2n) is 10.7. The van der Waals surface area contributed by atoms with Crippen molar-refractivity contribution in [2.75, 3.05) is 19.6 Å². The summed E-state index contributed by atoms with van der Waals surface area (Å²) < 4.78 is 5.93. The lowest BCUT2D eigenvalue weighted by atomic mass is 9.85. The second kappa shape index (κ2) is 8.55. The highest BCUT2D eigenvalue weighted by Gasteiger charge is 2.42. The zero-order valence-corrected chi connectivity index (χ0v) is 19.7. The van der Waals surface area contributed by atoms with Gasteiger partial charge in [0.05, 0.1) is 6.04 Å². The highest BCUT2D eigenvalue weighted by molar-refractivity contribution is 5.70. The maximum atomic E-state index is 12.9. The number of rotatable bonds is 5. The number of aryl methyl sites for hydroxylation is 1. The van der Waals surface area contributed by atoms with Crippen molar-refractivity contribution >= 4 is 6.09 Å². The minimum atomic E-state index is -0.259. The number of piperidine rings is 3. The molecule has 32 heavy (non-hydrogen) atoms. The molecule has 1 aliphatic carbocycles. The van der Waals surface area contributed by atoms with Crippen LogP contribution in [0.3, 0.4) is 0 Å². The van der Waals surface area contributed by atoms with Crippen LogP contribution >= 0.6 is 0 Å². The van der Waals surface area contributed by atoms with E-state index >= 15 is 0 Å². The molecule has 2 atom stereocenters. The molecule has 4 nitrogen and oxygen atoms in total. The summed E-state index contributed by atoms with van der Waals surface area (Å²) in [5.74, 6) is 0.529. The molecule has 2 aromatic carbocycles. The number of carbonyl (C=O) groups excluding carboxylic acids is 1. The average molecular weight is 433 g/mol. The van der Waals surface area contributed by atoms with Crippen LogP contribution in [-0.4, -0.2) is 36.7 Å². The highest BCUT2D eigenvalue weighted by Crippen LogP contribution is 2.46. The maximum Gasteiger partial charge on any atom is 0.407 e. The minimum absolute atomic E-state index is 0.0212. The molecule has 4 heteroatoms. The van der Waals surface area contributed by atoms with Crippen molar-refractivity contribution < 1.29 is 9.53 Å². The van der Waals surface area contributed by atoms with Gasteiger partial charge < -0.3 is 10.1 Å². The van der Waals surface area contributed by atoms with Gasteiger partial charge in [-0.2, -0.15) is 0 Å². The van der Waals surface area contributed by atoms with Crippen molar-refractivity contribution in [2.45, 2.75) is 65.0 Å². The molecule has 6 rings (SSSR count). The molecule has 0 radical (unpaired) electrons. The van der Waals surface area contributed by atoms with Gasteiger partial charge in [0.15, 0.2) is 0 Å². The molecule has 1 N–H and O–H groups in total. The van der Waals surface area contributed by atoms with Gasteiger partial charge in [0, 0.05) is 6.54 Å². The first kappa shape index (κ1) is 21.5. The minimum Gasteiger partial charge on any atom is -0.445 e. The Morgan fingerprint density at radius 1 is 1.09 bits per heavy atom. The predicted molar refractivity (Wildman–Crippen MR) is 129 cm³/mol. The summed E-state index contributed by atoms with van der Waals surface area (Å²) in [6, 6.07) is 15.6. The van der Waals surface area contributed by atoms with E-state index in [2.05, 4.69) is 73.5 Å². The number of hydrogen-bond acceptors (Lipinski definition) is 3. The van der Waals surface area contributed by atoms with Crippen LogP contribution in [0, 0.1) is 11.3 Å². The fourth-order valence-electron chi connectivity index (χ4n) is 5.99. The van der Waals surface area contributed by atoms with Crippen molar-refractivity contribution in [3.8, 4) is 11.1 Å². The van der Waals surface area contributed by atoms with E-state index in [0.717, 1.165) is 45.3 Å². The third kappa shape index (κ3) is 4.17. The Labute approximate surface area is 192 Å². The zero-order chi connectivity index (χ0) is 22.3.